The van der Waals surface area contributed by atoms with Gasteiger partial charge in [0.1, 0.15) is 18.0 Å². The third-order valence-corrected chi connectivity index (χ3v) is 4.07. The fourth-order valence-corrected chi connectivity index (χ4v) is 2.84. The Morgan fingerprint density at radius 1 is 1.00 bits per heavy atom. The van der Waals surface area contributed by atoms with E-state index in [1.807, 2.05) is 6.07 Å². The van der Waals surface area contributed by atoms with Crippen molar-refractivity contribution in [1.82, 2.24) is 9.97 Å². The van der Waals surface area contributed by atoms with Gasteiger partial charge in [0.15, 0.2) is 11.5 Å². The number of aromatic nitrogens is 2. The average Bonchev–Trinajstić information content (AvgIpc) is 2.67. The van der Waals surface area contributed by atoms with Crippen molar-refractivity contribution in [2.45, 2.75) is 6.42 Å². The highest BCUT2D eigenvalue weighted by Gasteiger charge is 2.19. The van der Waals surface area contributed by atoms with Crippen LogP contribution in [-0.2, 0) is 6.42 Å². The molecule has 0 fully saturated rings. The van der Waals surface area contributed by atoms with Crippen molar-refractivity contribution >= 4 is 16.7 Å². The highest BCUT2D eigenvalue weighted by Crippen LogP contribution is 2.44. The molecule has 0 aliphatic rings. The summed E-state index contributed by atoms with van der Waals surface area (Å²) in [5, 5.41) is 3.91. The van der Waals surface area contributed by atoms with Gasteiger partial charge in [-0.15, -0.1) is 0 Å². The Hall–Kier alpha value is -3.09. The zero-order valence-corrected chi connectivity index (χ0v) is 14.9. The van der Waals surface area contributed by atoms with E-state index in [1.165, 1.54) is 12.4 Å². The van der Waals surface area contributed by atoms with Crippen LogP contribution in [0, 0.1) is 5.82 Å². The molecule has 6 nitrogen and oxygen atoms in total. The Morgan fingerprint density at radius 3 is 2.46 bits per heavy atom. The summed E-state index contributed by atoms with van der Waals surface area (Å²) < 4.78 is 30.1. The molecule has 3 rings (SSSR count). The maximum Gasteiger partial charge on any atom is 0.204 e. The fraction of sp³-hybridized carbons (Fsp3) is 0.263. The summed E-state index contributed by atoms with van der Waals surface area (Å²) in [6.45, 7) is 0.505. The van der Waals surface area contributed by atoms with E-state index in [-0.39, 0.29) is 5.82 Å². The number of nitrogens with one attached hydrogen (secondary N) is 1. The molecule has 1 aromatic heterocycles. The number of anilines is 1. The van der Waals surface area contributed by atoms with Crippen molar-refractivity contribution < 1.29 is 18.6 Å². The second-order valence-corrected chi connectivity index (χ2v) is 5.53. The molecule has 0 amide bonds. The Kier molecular flexibility index (Phi) is 5.36. The number of benzene rings is 2. The molecule has 0 aliphatic heterocycles. The summed E-state index contributed by atoms with van der Waals surface area (Å²) in [5.74, 6) is 1.84. The number of fused-ring (bicyclic) bond motifs is 1. The monoisotopic (exact) mass is 357 g/mol. The normalized spacial score (nSPS) is 10.6. The van der Waals surface area contributed by atoms with Crippen LogP contribution in [0.4, 0.5) is 10.2 Å². The molecule has 0 bridgehead atoms. The van der Waals surface area contributed by atoms with E-state index in [9.17, 15) is 4.39 Å². The SMILES string of the molecule is COc1cc2ncnc(NCCc3ccccc3F)c2c(OC)c1OC. The van der Waals surface area contributed by atoms with E-state index in [2.05, 4.69) is 15.3 Å². The van der Waals surface area contributed by atoms with E-state index in [1.54, 1.807) is 39.5 Å². The third kappa shape index (κ3) is 3.33. The van der Waals surface area contributed by atoms with Crippen LogP contribution in [0.15, 0.2) is 36.7 Å². The zero-order valence-electron chi connectivity index (χ0n) is 14.9. The number of ether oxygens (including phenoxy) is 3. The third-order valence-electron chi connectivity index (χ3n) is 4.07. The Bertz CT molecular complexity index is 918. The van der Waals surface area contributed by atoms with Gasteiger partial charge in [-0.1, -0.05) is 18.2 Å². The van der Waals surface area contributed by atoms with Crippen molar-refractivity contribution in [3.63, 3.8) is 0 Å². The minimum atomic E-state index is -0.217. The molecule has 0 spiro atoms. The van der Waals surface area contributed by atoms with Crippen LogP contribution < -0.4 is 19.5 Å². The van der Waals surface area contributed by atoms with Gasteiger partial charge in [-0.05, 0) is 18.1 Å². The Balaban J connectivity index is 1.94. The molecule has 0 atom stereocenters. The molecule has 0 radical (unpaired) electrons. The summed E-state index contributed by atoms with van der Waals surface area (Å²) in [6, 6.07) is 8.48. The molecule has 0 saturated heterocycles. The smallest absolute Gasteiger partial charge is 0.204 e. The van der Waals surface area contributed by atoms with E-state index < -0.39 is 0 Å². The van der Waals surface area contributed by atoms with Crippen molar-refractivity contribution in [3.8, 4) is 17.2 Å². The van der Waals surface area contributed by atoms with Crippen molar-refractivity contribution in [2.24, 2.45) is 0 Å². The number of methoxy groups -OCH3 is 3. The van der Waals surface area contributed by atoms with E-state index in [4.69, 9.17) is 14.2 Å². The maximum atomic E-state index is 13.8. The Morgan fingerprint density at radius 2 is 1.77 bits per heavy atom. The summed E-state index contributed by atoms with van der Waals surface area (Å²) in [6.07, 6.45) is 1.98. The first-order valence-electron chi connectivity index (χ1n) is 8.10. The molecule has 1 N–H and O–H groups in total. The minimum Gasteiger partial charge on any atom is -0.493 e. The lowest BCUT2D eigenvalue weighted by atomic mass is 10.1. The first kappa shape index (κ1) is 17.7. The maximum absolute atomic E-state index is 13.8. The summed E-state index contributed by atoms with van der Waals surface area (Å²) in [7, 11) is 4.64. The lowest BCUT2D eigenvalue weighted by molar-refractivity contribution is 0.327. The highest BCUT2D eigenvalue weighted by atomic mass is 19.1. The van der Waals surface area contributed by atoms with Gasteiger partial charge in [-0.25, -0.2) is 14.4 Å². The Labute approximate surface area is 150 Å². The minimum absolute atomic E-state index is 0.217. The van der Waals surface area contributed by atoms with Crippen LogP contribution in [0.5, 0.6) is 17.2 Å². The van der Waals surface area contributed by atoms with E-state index in [0.29, 0.717) is 52.5 Å². The van der Waals surface area contributed by atoms with Crippen molar-refractivity contribution in [1.29, 1.82) is 0 Å². The molecule has 0 unspecified atom stereocenters. The second-order valence-electron chi connectivity index (χ2n) is 5.53. The number of rotatable bonds is 7. The molecular formula is C19H20FN3O3. The van der Waals surface area contributed by atoms with Gasteiger partial charge < -0.3 is 19.5 Å². The predicted molar refractivity (Wildman–Crippen MR) is 97.8 cm³/mol. The standard InChI is InChI=1S/C19H20FN3O3/c1-24-15-10-14-16(18(26-3)17(15)25-2)19(23-11-22-14)21-9-8-12-6-4-5-7-13(12)20/h4-7,10-11H,8-9H2,1-3H3,(H,21,22,23). The summed E-state index contributed by atoms with van der Waals surface area (Å²) >= 11 is 0. The molecule has 3 aromatic rings. The first-order valence-corrected chi connectivity index (χ1v) is 8.10. The van der Waals surface area contributed by atoms with Gasteiger partial charge in [-0.3, -0.25) is 0 Å². The summed E-state index contributed by atoms with van der Waals surface area (Å²) in [5.41, 5.74) is 1.30. The van der Waals surface area contributed by atoms with Gasteiger partial charge in [0.05, 0.1) is 32.2 Å². The van der Waals surface area contributed by atoms with Crippen LogP contribution in [0.3, 0.4) is 0 Å². The largest absolute Gasteiger partial charge is 0.493 e. The van der Waals surface area contributed by atoms with Crippen molar-refractivity contribution in [2.75, 3.05) is 33.2 Å². The molecule has 26 heavy (non-hydrogen) atoms. The molecule has 7 heteroatoms. The first-order chi connectivity index (χ1) is 12.7. The van der Waals surface area contributed by atoms with Crippen molar-refractivity contribution in [3.05, 3.63) is 48.0 Å². The number of hydrogen-bond donors (Lipinski definition) is 1. The molecule has 136 valence electrons. The van der Waals surface area contributed by atoms with Gasteiger partial charge in [0.2, 0.25) is 5.75 Å². The number of hydrogen-bond acceptors (Lipinski definition) is 6. The van der Waals surface area contributed by atoms with E-state index >= 15 is 0 Å². The average molecular weight is 357 g/mol. The predicted octanol–water partition coefficient (Wildman–Crippen LogP) is 3.45. The van der Waals surface area contributed by atoms with E-state index in [0.717, 1.165) is 0 Å². The van der Waals surface area contributed by atoms with Crippen LogP contribution in [-0.4, -0.2) is 37.8 Å². The van der Waals surface area contributed by atoms with Crippen LogP contribution in [0.25, 0.3) is 10.9 Å². The second kappa shape index (κ2) is 7.86. The molecule has 0 aliphatic carbocycles. The van der Waals surface area contributed by atoms with Gasteiger partial charge in [-0.2, -0.15) is 0 Å². The van der Waals surface area contributed by atoms with Crippen LogP contribution in [0.2, 0.25) is 0 Å². The van der Waals surface area contributed by atoms with Gasteiger partial charge in [0, 0.05) is 12.6 Å². The lowest BCUT2D eigenvalue weighted by Crippen LogP contribution is -2.09. The molecule has 1 heterocycles. The highest BCUT2D eigenvalue weighted by molar-refractivity contribution is 5.98. The topological polar surface area (TPSA) is 65.5 Å². The number of nitrogens with zero attached hydrogens (tertiary/aromatic N) is 2. The quantitative estimate of drug-likeness (QED) is 0.699. The van der Waals surface area contributed by atoms with Crippen LogP contribution in [0.1, 0.15) is 5.56 Å². The molecule has 2 aromatic carbocycles. The lowest BCUT2D eigenvalue weighted by Gasteiger charge is -2.16. The van der Waals surface area contributed by atoms with Crippen LogP contribution >= 0.6 is 0 Å². The number of halogens is 1. The summed E-state index contributed by atoms with van der Waals surface area (Å²) in [4.78, 5) is 8.60. The molecule has 0 saturated carbocycles. The fourth-order valence-electron chi connectivity index (χ4n) is 2.84. The zero-order chi connectivity index (χ0) is 18.5. The van der Waals surface area contributed by atoms with Gasteiger partial charge in [0.25, 0.3) is 0 Å². The van der Waals surface area contributed by atoms with Gasteiger partial charge >= 0.3 is 0 Å². The molecular weight excluding hydrogens is 337 g/mol.